The molecule has 0 unspecified atom stereocenters. The van der Waals surface area contributed by atoms with Gasteiger partial charge < -0.3 is 5.73 Å². The maximum atomic E-state index is 14.2. The molecule has 3 rings (SSSR count). The van der Waals surface area contributed by atoms with Crippen LogP contribution < -0.4 is 11.2 Å². The van der Waals surface area contributed by atoms with E-state index in [0.717, 1.165) is 11.1 Å². The SMILES string of the molecule is Cc1cc2c(=O)c(N)nn(-c3ccc(Cl)cc3F)c2cc1C. The molecule has 0 spiro atoms. The first kappa shape index (κ1) is 14.5. The Morgan fingerprint density at radius 3 is 2.55 bits per heavy atom. The summed E-state index contributed by atoms with van der Waals surface area (Å²) in [6, 6.07) is 7.80. The van der Waals surface area contributed by atoms with Gasteiger partial charge in [-0.3, -0.25) is 4.79 Å². The smallest absolute Gasteiger partial charge is 0.231 e. The van der Waals surface area contributed by atoms with Crippen LogP contribution in [0, 0.1) is 19.7 Å². The number of hydrogen-bond acceptors (Lipinski definition) is 3. The van der Waals surface area contributed by atoms with Gasteiger partial charge in [-0.25, -0.2) is 9.07 Å². The molecule has 2 aromatic carbocycles. The summed E-state index contributed by atoms with van der Waals surface area (Å²) in [5, 5.41) is 4.72. The Labute approximate surface area is 130 Å². The van der Waals surface area contributed by atoms with Crippen molar-refractivity contribution in [2.24, 2.45) is 0 Å². The topological polar surface area (TPSA) is 60.9 Å². The van der Waals surface area contributed by atoms with E-state index >= 15 is 0 Å². The molecule has 2 N–H and O–H groups in total. The Balaban J connectivity index is 2.46. The molecule has 1 aromatic heterocycles. The molecular formula is C16H13ClFN3O. The Morgan fingerprint density at radius 2 is 1.86 bits per heavy atom. The predicted octanol–water partition coefficient (Wildman–Crippen LogP) is 3.38. The number of aryl methyl sites for hydroxylation is 2. The predicted molar refractivity (Wildman–Crippen MR) is 86.2 cm³/mol. The monoisotopic (exact) mass is 317 g/mol. The zero-order chi connectivity index (χ0) is 16.0. The highest BCUT2D eigenvalue weighted by Crippen LogP contribution is 2.23. The average molecular weight is 318 g/mol. The molecule has 0 fully saturated rings. The Morgan fingerprint density at radius 1 is 1.18 bits per heavy atom. The molecule has 0 atom stereocenters. The van der Waals surface area contributed by atoms with E-state index in [-0.39, 0.29) is 22.0 Å². The molecule has 6 heteroatoms. The van der Waals surface area contributed by atoms with E-state index in [4.69, 9.17) is 17.3 Å². The molecule has 3 aromatic rings. The Hall–Kier alpha value is -2.40. The fourth-order valence-corrected chi connectivity index (χ4v) is 2.50. The minimum atomic E-state index is -0.539. The average Bonchev–Trinajstić information content (AvgIpc) is 2.46. The van der Waals surface area contributed by atoms with Gasteiger partial charge in [0, 0.05) is 5.02 Å². The number of nitrogens with zero attached hydrogens (tertiary/aromatic N) is 2. The lowest BCUT2D eigenvalue weighted by molar-refractivity contribution is 0.612. The van der Waals surface area contributed by atoms with Crippen LogP contribution in [0.2, 0.25) is 5.02 Å². The third-order valence-electron chi connectivity index (χ3n) is 3.66. The van der Waals surface area contributed by atoms with Crippen molar-refractivity contribution < 1.29 is 4.39 Å². The first-order valence-corrected chi connectivity index (χ1v) is 7.01. The number of rotatable bonds is 1. The summed E-state index contributed by atoms with van der Waals surface area (Å²) in [6.45, 7) is 3.82. The minimum absolute atomic E-state index is 0.176. The summed E-state index contributed by atoms with van der Waals surface area (Å²) in [4.78, 5) is 12.2. The van der Waals surface area contributed by atoms with Gasteiger partial charge in [-0.2, -0.15) is 0 Å². The molecule has 0 aliphatic rings. The number of fused-ring (bicyclic) bond motifs is 1. The third kappa shape index (κ3) is 2.23. The van der Waals surface area contributed by atoms with Gasteiger partial charge in [-0.15, -0.1) is 5.10 Å². The number of anilines is 1. The van der Waals surface area contributed by atoms with E-state index in [2.05, 4.69) is 5.10 Å². The number of halogens is 2. The van der Waals surface area contributed by atoms with Crippen LogP contribution in [0.15, 0.2) is 35.1 Å². The number of nitrogen functional groups attached to an aromatic ring is 1. The lowest BCUT2D eigenvalue weighted by Gasteiger charge is -2.13. The van der Waals surface area contributed by atoms with Gasteiger partial charge in [0.25, 0.3) is 0 Å². The molecule has 0 saturated carbocycles. The Kier molecular flexibility index (Phi) is 3.37. The molecule has 0 amide bonds. The first-order chi connectivity index (χ1) is 10.4. The number of benzene rings is 2. The molecule has 0 bridgehead atoms. The maximum Gasteiger partial charge on any atom is 0.231 e. The van der Waals surface area contributed by atoms with Crippen molar-refractivity contribution >= 4 is 28.3 Å². The van der Waals surface area contributed by atoms with E-state index in [0.29, 0.717) is 10.9 Å². The first-order valence-electron chi connectivity index (χ1n) is 6.63. The minimum Gasteiger partial charge on any atom is -0.379 e. The van der Waals surface area contributed by atoms with Crippen molar-refractivity contribution in [3.05, 3.63) is 62.5 Å². The largest absolute Gasteiger partial charge is 0.379 e. The van der Waals surface area contributed by atoms with E-state index in [1.54, 1.807) is 18.2 Å². The van der Waals surface area contributed by atoms with Crippen molar-refractivity contribution in [1.82, 2.24) is 9.78 Å². The summed E-state index contributed by atoms with van der Waals surface area (Å²) < 4.78 is 15.5. The number of hydrogen-bond donors (Lipinski definition) is 1. The molecule has 0 aliphatic carbocycles. The van der Waals surface area contributed by atoms with Crippen LogP contribution >= 0.6 is 11.6 Å². The zero-order valence-corrected chi connectivity index (χ0v) is 12.8. The normalized spacial score (nSPS) is 11.1. The van der Waals surface area contributed by atoms with Gasteiger partial charge in [0.2, 0.25) is 5.43 Å². The van der Waals surface area contributed by atoms with Crippen LogP contribution in [0.5, 0.6) is 0 Å². The fraction of sp³-hybridized carbons (Fsp3) is 0.125. The lowest BCUT2D eigenvalue weighted by atomic mass is 10.1. The summed E-state index contributed by atoms with van der Waals surface area (Å²) in [5.41, 5.74) is 7.96. The molecule has 1 heterocycles. The molecule has 0 aliphatic heterocycles. The van der Waals surface area contributed by atoms with Gasteiger partial charge in [0.15, 0.2) is 5.82 Å². The number of nitrogens with two attached hydrogens (primary N) is 1. The summed E-state index contributed by atoms with van der Waals surface area (Å²) in [5.74, 6) is -0.715. The van der Waals surface area contributed by atoms with Gasteiger partial charge in [-0.05, 0) is 55.3 Å². The van der Waals surface area contributed by atoms with Crippen LogP contribution in [0.1, 0.15) is 11.1 Å². The van der Waals surface area contributed by atoms with Gasteiger partial charge in [0.1, 0.15) is 11.5 Å². The lowest BCUT2D eigenvalue weighted by Crippen LogP contribution is -2.18. The van der Waals surface area contributed by atoms with Gasteiger partial charge in [-0.1, -0.05) is 11.6 Å². The second-order valence-electron chi connectivity index (χ2n) is 5.18. The maximum absolute atomic E-state index is 14.2. The second-order valence-corrected chi connectivity index (χ2v) is 5.61. The van der Waals surface area contributed by atoms with Crippen molar-refractivity contribution in [3.8, 4) is 5.69 Å². The van der Waals surface area contributed by atoms with Crippen LogP contribution in [-0.2, 0) is 0 Å². The van der Waals surface area contributed by atoms with E-state index in [1.165, 1.54) is 16.8 Å². The van der Waals surface area contributed by atoms with Crippen molar-refractivity contribution in [2.75, 3.05) is 5.73 Å². The van der Waals surface area contributed by atoms with Gasteiger partial charge >= 0.3 is 0 Å². The van der Waals surface area contributed by atoms with E-state index in [9.17, 15) is 9.18 Å². The van der Waals surface area contributed by atoms with E-state index < -0.39 is 5.82 Å². The zero-order valence-electron chi connectivity index (χ0n) is 12.0. The molecule has 4 nitrogen and oxygen atoms in total. The quantitative estimate of drug-likeness (QED) is 0.748. The highest BCUT2D eigenvalue weighted by molar-refractivity contribution is 6.30. The third-order valence-corrected chi connectivity index (χ3v) is 3.90. The highest BCUT2D eigenvalue weighted by Gasteiger charge is 2.14. The van der Waals surface area contributed by atoms with E-state index in [1.807, 2.05) is 13.8 Å². The molecule has 0 radical (unpaired) electrons. The second kappa shape index (κ2) is 5.10. The van der Waals surface area contributed by atoms with Crippen LogP contribution in [0.4, 0.5) is 10.2 Å². The summed E-state index contributed by atoms with van der Waals surface area (Å²) in [7, 11) is 0. The molecular weight excluding hydrogens is 305 g/mol. The highest BCUT2D eigenvalue weighted by atomic mass is 35.5. The fourth-order valence-electron chi connectivity index (χ4n) is 2.34. The summed E-state index contributed by atoms with van der Waals surface area (Å²) in [6.07, 6.45) is 0. The van der Waals surface area contributed by atoms with Crippen molar-refractivity contribution in [1.29, 1.82) is 0 Å². The van der Waals surface area contributed by atoms with Crippen LogP contribution in [0.3, 0.4) is 0 Å². The molecule has 0 saturated heterocycles. The standard InChI is InChI=1S/C16H13ClFN3O/c1-8-5-11-14(6-9(8)2)21(20-16(19)15(11)22)13-4-3-10(17)7-12(13)18/h3-7H,1-2H3,(H2,19,20). The van der Waals surface area contributed by atoms with Crippen molar-refractivity contribution in [3.63, 3.8) is 0 Å². The molecule has 112 valence electrons. The van der Waals surface area contributed by atoms with Gasteiger partial charge in [0.05, 0.1) is 10.9 Å². The van der Waals surface area contributed by atoms with Crippen LogP contribution in [0.25, 0.3) is 16.6 Å². The molecule has 22 heavy (non-hydrogen) atoms. The van der Waals surface area contributed by atoms with Crippen LogP contribution in [-0.4, -0.2) is 9.78 Å². The Bertz CT molecular complexity index is 966. The summed E-state index contributed by atoms with van der Waals surface area (Å²) >= 11 is 5.78. The number of aromatic nitrogens is 2. The van der Waals surface area contributed by atoms with Crippen molar-refractivity contribution in [2.45, 2.75) is 13.8 Å².